The molecule has 7 amide bonds. The van der Waals surface area contributed by atoms with Gasteiger partial charge < -0.3 is 51.6 Å². The van der Waals surface area contributed by atoms with E-state index in [2.05, 4.69) is 36.9 Å². The molecular formula is C42H54N8O9. The fraction of sp³-hybridized carbons (Fsp3) is 0.452. The molecule has 2 aromatic carbocycles. The number of rotatable bonds is 8. The minimum atomic E-state index is -1.65. The van der Waals surface area contributed by atoms with Crippen molar-refractivity contribution in [2.75, 3.05) is 33.3 Å². The second-order valence-electron chi connectivity index (χ2n) is 15.4. The van der Waals surface area contributed by atoms with Crippen molar-refractivity contribution in [2.45, 2.75) is 83.6 Å². The average molecular weight is 815 g/mol. The molecule has 2 fully saturated rings. The number of hydrogen-bond acceptors (Lipinski definition) is 9. The normalized spacial score (nSPS) is 22.2. The van der Waals surface area contributed by atoms with E-state index in [1.165, 1.54) is 12.0 Å². The van der Waals surface area contributed by atoms with Crippen LogP contribution in [0.2, 0.25) is 0 Å². The summed E-state index contributed by atoms with van der Waals surface area (Å²) in [5.41, 5.74) is 3.56. The number of fused-ring (bicyclic) bond motifs is 2. The Balaban J connectivity index is 1.46. The van der Waals surface area contributed by atoms with E-state index >= 15 is 0 Å². The van der Waals surface area contributed by atoms with Gasteiger partial charge >= 0.3 is 0 Å². The van der Waals surface area contributed by atoms with Crippen molar-refractivity contribution >= 4 is 52.3 Å². The first-order chi connectivity index (χ1) is 28.2. The van der Waals surface area contributed by atoms with Crippen LogP contribution in [-0.4, -0.2) is 114 Å². The summed E-state index contributed by atoms with van der Waals surface area (Å²) >= 11 is 0. The van der Waals surface area contributed by atoms with Gasteiger partial charge in [-0.05, 0) is 73.9 Å². The summed E-state index contributed by atoms with van der Waals surface area (Å²) < 4.78 is 5.50. The van der Waals surface area contributed by atoms with Crippen LogP contribution in [0.5, 0.6) is 5.75 Å². The number of aromatic amines is 1. The van der Waals surface area contributed by atoms with E-state index in [9.17, 15) is 38.7 Å². The molecule has 5 atom stereocenters. The maximum atomic E-state index is 14.3. The molecule has 0 aliphatic carbocycles. The predicted octanol–water partition coefficient (Wildman–Crippen LogP) is 0.425. The van der Waals surface area contributed by atoms with Crippen LogP contribution in [0.15, 0.2) is 60.3 Å². The lowest BCUT2D eigenvalue weighted by Crippen LogP contribution is -2.56. The van der Waals surface area contributed by atoms with Crippen molar-refractivity contribution in [3.63, 3.8) is 0 Å². The molecule has 0 bridgehead atoms. The number of methoxy groups -OCH3 is 1. The predicted molar refractivity (Wildman–Crippen MR) is 217 cm³/mol. The van der Waals surface area contributed by atoms with Gasteiger partial charge in [0.25, 0.3) is 0 Å². The summed E-state index contributed by atoms with van der Waals surface area (Å²) in [5.74, 6) is -4.91. The molecule has 0 saturated carbocycles. The van der Waals surface area contributed by atoms with E-state index in [1.54, 1.807) is 38.2 Å². The standard InChI is InChI=1S/C42H54N8O9/c1-23(2)12-13-25-17-26(14-15-32(25)59-5)38(54)37-41(57)46-20-33(51)47-30(18-27-19-43-29-10-7-6-9-28(27)29)42(58)50-16-8-11-31(50)39(55)44-21-34(52)48-36(24(3)4)40(56)45-22-35(53)49-37/h6-7,9-10,12,14-15,17,19,24,30-31,36-38,43,54H,8,11,13,16,18,20-22H2,1-5H3,(H,44,55)(H,45,56)(H,46,57)(H,47,51)(H,48,52)(H,49,53)/t30-,31-,36-,37-,38+/m0/s1. The van der Waals surface area contributed by atoms with Gasteiger partial charge in [0.05, 0.1) is 26.7 Å². The fourth-order valence-corrected chi connectivity index (χ4v) is 7.23. The zero-order valence-corrected chi connectivity index (χ0v) is 34.0. The first kappa shape index (κ1) is 43.9. The number of carbonyl (C=O) groups excluding carboxylic acids is 7. The molecular weight excluding hydrogens is 761 g/mol. The number of amides is 7. The molecule has 3 heterocycles. The number of allylic oxidation sites excluding steroid dienone is 2. The highest BCUT2D eigenvalue weighted by Gasteiger charge is 2.39. The molecule has 0 spiro atoms. The Kier molecular flexibility index (Phi) is 14.8. The van der Waals surface area contributed by atoms with Crippen molar-refractivity contribution < 1.29 is 43.4 Å². The van der Waals surface area contributed by atoms with Crippen molar-refractivity contribution in [3.05, 3.63) is 77.0 Å². The monoisotopic (exact) mass is 814 g/mol. The van der Waals surface area contributed by atoms with Gasteiger partial charge in [-0.1, -0.05) is 49.8 Å². The summed E-state index contributed by atoms with van der Waals surface area (Å²) in [5, 5.41) is 27.8. The summed E-state index contributed by atoms with van der Waals surface area (Å²) in [4.78, 5) is 99.4. The molecule has 5 rings (SSSR count). The van der Waals surface area contributed by atoms with Gasteiger partial charge in [-0.2, -0.15) is 0 Å². The Morgan fingerprint density at radius 1 is 0.831 bits per heavy atom. The Labute approximate surface area is 342 Å². The van der Waals surface area contributed by atoms with Crippen LogP contribution in [0, 0.1) is 5.92 Å². The van der Waals surface area contributed by atoms with E-state index < -0.39 is 97.2 Å². The highest BCUT2D eigenvalue weighted by atomic mass is 16.5. The highest BCUT2D eigenvalue weighted by molar-refractivity contribution is 5.97. The number of nitrogens with one attached hydrogen (secondary N) is 7. The maximum absolute atomic E-state index is 14.3. The zero-order chi connectivity index (χ0) is 42.8. The highest BCUT2D eigenvalue weighted by Crippen LogP contribution is 2.27. The van der Waals surface area contributed by atoms with Crippen LogP contribution >= 0.6 is 0 Å². The lowest BCUT2D eigenvalue weighted by molar-refractivity contribution is -0.141. The molecule has 2 aliphatic rings. The quantitative estimate of drug-likeness (QED) is 0.147. The summed E-state index contributed by atoms with van der Waals surface area (Å²) in [6.07, 6.45) is 3.37. The Morgan fingerprint density at radius 3 is 2.12 bits per heavy atom. The van der Waals surface area contributed by atoms with E-state index in [0.717, 1.165) is 22.0 Å². The maximum Gasteiger partial charge on any atom is 0.246 e. The molecule has 0 radical (unpaired) electrons. The fourth-order valence-electron chi connectivity index (χ4n) is 7.23. The number of carbonyl (C=O) groups is 7. The van der Waals surface area contributed by atoms with Crippen molar-refractivity contribution in [1.82, 2.24) is 41.8 Å². The zero-order valence-electron chi connectivity index (χ0n) is 34.0. The number of para-hydroxylation sites is 1. The van der Waals surface area contributed by atoms with Crippen LogP contribution in [0.3, 0.4) is 0 Å². The number of H-pyrrole nitrogens is 1. The van der Waals surface area contributed by atoms with Crippen molar-refractivity contribution in [1.29, 1.82) is 0 Å². The lowest BCUT2D eigenvalue weighted by Gasteiger charge is -2.29. The number of nitrogens with zero attached hydrogens (tertiary/aromatic N) is 1. The van der Waals surface area contributed by atoms with Crippen LogP contribution in [0.25, 0.3) is 10.9 Å². The number of ether oxygens (including phenoxy) is 1. The molecule has 8 N–H and O–H groups in total. The third kappa shape index (κ3) is 11.2. The van der Waals surface area contributed by atoms with Crippen molar-refractivity contribution in [2.24, 2.45) is 5.92 Å². The van der Waals surface area contributed by atoms with Crippen LogP contribution in [0.1, 0.15) is 63.3 Å². The van der Waals surface area contributed by atoms with E-state index in [4.69, 9.17) is 4.74 Å². The molecule has 316 valence electrons. The molecule has 2 saturated heterocycles. The summed E-state index contributed by atoms with van der Waals surface area (Å²) in [6, 6.07) is 7.41. The van der Waals surface area contributed by atoms with Gasteiger partial charge in [0.2, 0.25) is 41.4 Å². The molecule has 0 unspecified atom stereocenters. The third-order valence-electron chi connectivity index (χ3n) is 10.4. The second kappa shape index (κ2) is 20.0. The first-order valence-electron chi connectivity index (χ1n) is 19.7. The largest absolute Gasteiger partial charge is 0.496 e. The topological polar surface area (TPSA) is 240 Å². The minimum absolute atomic E-state index is 0.0390. The number of aromatic nitrogens is 1. The average Bonchev–Trinajstić information content (AvgIpc) is 3.88. The third-order valence-corrected chi connectivity index (χ3v) is 10.4. The lowest BCUT2D eigenvalue weighted by atomic mass is 9.97. The van der Waals surface area contributed by atoms with Gasteiger partial charge in [-0.3, -0.25) is 33.6 Å². The van der Waals surface area contributed by atoms with Crippen LogP contribution in [-0.2, 0) is 46.4 Å². The van der Waals surface area contributed by atoms with Gasteiger partial charge in [0.1, 0.15) is 36.0 Å². The Bertz CT molecular complexity index is 2090. The smallest absolute Gasteiger partial charge is 0.246 e. The Morgan fingerprint density at radius 2 is 1.46 bits per heavy atom. The van der Waals surface area contributed by atoms with Gasteiger partial charge in [0, 0.05) is 30.1 Å². The van der Waals surface area contributed by atoms with E-state index in [-0.39, 0.29) is 18.5 Å². The van der Waals surface area contributed by atoms with Crippen LogP contribution < -0.4 is 36.6 Å². The first-order valence-corrected chi connectivity index (χ1v) is 19.7. The molecule has 1 aromatic heterocycles. The molecule has 3 aromatic rings. The number of aliphatic hydroxyl groups is 1. The van der Waals surface area contributed by atoms with Crippen LogP contribution in [0.4, 0.5) is 0 Å². The van der Waals surface area contributed by atoms with Gasteiger partial charge in [-0.25, -0.2) is 0 Å². The molecule has 2 aliphatic heterocycles. The van der Waals surface area contributed by atoms with E-state index in [0.29, 0.717) is 30.6 Å². The second-order valence-corrected chi connectivity index (χ2v) is 15.4. The van der Waals surface area contributed by atoms with E-state index in [1.807, 2.05) is 44.2 Å². The summed E-state index contributed by atoms with van der Waals surface area (Å²) in [6.45, 7) is 5.70. The van der Waals surface area contributed by atoms with Crippen molar-refractivity contribution in [3.8, 4) is 5.75 Å². The van der Waals surface area contributed by atoms with Gasteiger partial charge in [0.15, 0.2) is 0 Å². The summed E-state index contributed by atoms with van der Waals surface area (Å²) in [7, 11) is 1.51. The van der Waals surface area contributed by atoms with Gasteiger partial charge in [-0.15, -0.1) is 0 Å². The molecule has 59 heavy (non-hydrogen) atoms. The number of benzene rings is 2. The minimum Gasteiger partial charge on any atom is -0.496 e. The number of aliphatic hydroxyl groups excluding tert-OH is 1. The molecule has 17 nitrogen and oxygen atoms in total. The number of hydrogen-bond donors (Lipinski definition) is 8. The Hall–Kier alpha value is -6.23. The SMILES string of the molecule is COc1ccc([C@@H](O)[C@@H]2NC(=O)CNC(=O)[C@H](C(C)C)NC(=O)CNC(=O)[C@@H]3CCCN3C(=O)[C@H](Cc3c[nH]c4ccccc34)NC(=O)CNC2=O)cc1CC=C(C)C. The molecule has 17 heteroatoms.